The van der Waals surface area contributed by atoms with E-state index in [-0.39, 0.29) is 35.8 Å². The molecule has 2 fully saturated rings. The summed E-state index contributed by atoms with van der Waals surface area (Å²) in [6.07, 6.45) is -0.714. The molecule has 2 aliphatic heterocycles. The van der Waals surface area contributed by atoms with Gasteiger partial charge in [0.25, 0.3) is 0 Å². The SMILES string of the molecule is Cc1ccc(C(C)(C)C)cc1SC1OC(CO)C2OC(C)(C)OC12. The van der Waals surface area contributed by atoms with Crippen molar-refractivity contribution in [2.45, 2.75) is 81.4 Å². The number of aliphatic hydroxyl groups is 1. The average Bonchev–Trinajstić information content (AvgIpc) is 2.94. The fourth-order valence-electron chi connectivity index (χ4n) is 3.20. The van der Waals surface area contributed by atoms with Crippen LogP contribution in [0.3, 0.4) is 0 Å². The van der Waals surface area contributed by atoms with Gasteiger partial charge in [0.15, 0.2) is 5.79 Å². The van der Waals surface area contributed by atoms with Crippen molar-refractivity contribution in [1.29, 1.82) is 0 Å². The number of hydrogen-bond donors (Lipinski definition) is 1. The van der Waals surface area contributed by atoms with Crippen LogP contribution in [-0.2, 0) is 19.6 Å². The molecule has 2 saturated heterocycles. The first kappa shape index (κ1) is 18.2. The highest BCUT2D eigenvalue weighted by Crippen LogP contribution is 2.45. The number of benzene rings is 1. The van der Waals surface area contributed by atoms with Crippen LogP contribution in [0.2, 0.25) is 0 Å². The van der Waals surface area contributed by atoms with Gasteiger partial charge in [0.05, 0.1) is 6.61 Å². The van der Waals surface area contributed by atoms with E-state index in [2.05, 4.69) is 45.9 Å². The summed E-state index contributed by atoms with van der Waals surface area (Å²) in [7, 11) is 0. The van der Waals surface area contributed by atoms with Gasteiger partial charge in [-0.05, 0) is 43.4 Å². The van der Waals surface area contributed by atoms with Crippen LogP contribution in [0.5, 0.6) is 0 Å². The molecule has 1 N–H and O–H groups in total. The van der Waals surface area contributed by atoms with Crippen LogP contribution in [0, 0.1) is 6.92 Å². The lowest BCUT2D eigenvalue weighted by atomic mass is 9.87. The first-order chi connectivity index (χ1) is 11.1. The van der Waals surface area contributed by atoms with Crippen LogP contribution in [0.25, 0.3) is 0 Å². The second-order valence-electron chi connectivity index (χ2n) is 8.14. The Morgan fingerprint density at radius 1 is 1.17 bits per heavy atom. The zero-order valence-corrected chi connectivity index (χ0v) is 16.1. The van der Waals surface area contributed by atoms with Crippen molar-refractivity contribution in [1.82, 2.24) is 0 Å². The van der Waals surface area contributed by atoms with Gasteiger partial charge in [0.1, 0.15) is 23.7 Å². The molecule has 4 atom stereocenters. The first-order valence-electron chi connectivity index (χ1n) is 8.50. The van der Waals surface area contributed by atoms with Crippen LogP contribution in [-0.4, -0.2) is 41.2 Å². The minimum Gasteiger partial charge on any atom is -0.394 e. The van der Waals surface area contributed by atoms with Crippen molar-refractivity contribution >= 4 is 11.8 Å². The zero-order valence-electron chi connectivity index (χ0n) is 15.3. The van der Waals surface area contributed by atoms with Crippen molar-refractivity contribution in [3.8, 4) is 0 Å². The second kappa shape index (κ2) is 6.29. The fraction of sp³-hybridized carbons (Fsp3) is 0.684. The van der Waals surface area contributed by atoms with Crippen molar-refractivity contribution in [3.05, 3.63) is 29.3 Å². The summed E-state index contributed by atoms with van der Waals surface area (Å²) in [4.78, 5) is 1.19. The summed E-state index contributed by atoms with van der Waals surface area (Å²) in [5.74, 6) is -0.631. The van der Waals surface area contributed by atoms with Gasteiger partial charge in [-0.15, -0.1) is 0 Å². The molecule has 0 saturated carbocycles. The maximum Gasteiger partial charge on any atom is 0.164 e. The molecule has 134 valence electrons. The number of rotatable bonds is 3. The minimum absolute atomic E-state index is 0.0569. The van der Waals surface area contributed by atoms with Crippen LogP contribution in [0.15, 0.2) is 23.1 Å². The lowest BCUT2D eigenvalue weighted by molar-refractivity contribution is -0.181. The van der Waals surface area contributed by atoms with Crippen molar-refractivity contribution in [3.63, 3.8) is 0 Å². The predicted molar refractivity (Wildman–Crippen MR) is 95.3 cm³/mol. The molecule has 5 heteroatoms. The summed E-state index contributed by atoms with van der Waals surface area (Å²) in [5.41, 5.74) is 2.44. The molecule has 0 spiro atoms. The van der Waals surface area contributed by atoms with E-state index >= 15 is 0 Å². The Bertz CT molecular complexity index is 608. The number of thioether (sulfide) groups is 1. The maximum absolute atomic E-state index is 9.60. The lowest BCUT2D eigenvalue weighted by Gasteiger charge is -2.24. The zero-order chi connectivity index (χ0) is 17.7. The largest absolute Gasteiger partial charge is 0.394 e. The Hall–Kier alpha value is -0.590. The van der Waals surface area contributed by atoms with E-state index in [0.717, 1.165) is 0 Å². The number of hydrogen-bond acceptors (Lipinski definition) is 5. The van der Waals surface area contributed by atoms with E-state index in [1.54, 1.807) is 11.8 Å². The Morgan fingerprint density at radius 3 is 2.46 bits per heavy atom. The van der Waals surface area contributed by atoms with Crippen LogP contribution >= 0.6 is 11.8 Å². The third-order valence-corrected chi connectivity index (χ3v) is 5.89. The summed E-state index contributed by atoms with van der Waals surface area (Å²) in [6.45, 7) is 12.5. The van der Waals surface area contributed by atoms with E-state index < -0.39 is 5.79 Å². The molecular weight excluding hydrogens is 324 g/mol. The maximum atomic E-state index is 9.60. The molecule has 1 aromatic rings. The second-order valence-corrected chi connectivity index (χ2v) is 9.28. The Balaban J connectivity index is 1.83. The highest BCUT2D eigenvalue weighted by molar-refractivity contribution is 7.99. The van der Waals surface area contributed by atoms with Gasteiger partial charge >= 0.3 is 0 Å². The van der Waals surface area contributed by atoms with Crippen molar-refractivity contribution in [2.75, 3.05) is 6.61 Å². The predicted octanol–water partition coefficient (Wildman–Crippen LogP) is 3.62. The minimum atomic E-state index is -0.631. The molecule has 4 unspecified atom stereocenters. The first-order valence-corrected chi connectivity index (χ1v) is 9.38. The van der Waals surface area contributed by atoms with Gasteiger partial charge in [-0.2, -0.15) is 0 Å². The van der Waals surface area contributed by atoms with Crippen LogP contribution in [0.1, 0.15) is 45.7 Å². The quantitative estimate of drug-likeness (QED) is 0.900. The molecule has 24 heavy (non-hydrogen) atoms. The summed E-state index contributed by atoms with van der Waals surface area (Å²) in [6, 6.07) is 6.59. The van der Waals surface area contributed by atoms with Gasteiger partial charge in [0, 0.05) is 4.90 Å². The molecule has 2 aliphatic rings. The standard InChI is InChI=1S/C19H28O4S/c1-11-7-8-12(18(2,3)4)9-14(11)24-17-16-15(13(10-20)21-17)22-19(5,6)23-16/h7-9,13,15-17,20H,10H2,1-6H3. The Kier molecular flexibility index (Phi) is 4.77. The van der Waals surface area contributed by atoms with Gasteiger partial charge in [-0.3, -0.25) is 0 Å². The topological polar surface area (TPSA) is 47.9 Å². The molecule has 0 radical (unpaired) electrons. The smallest absolute Gasteiger partial charge is 0.164 e. The molecule has 2 heterocycles. The summed E-state index contributed by atoms with van der Waals surface area (Å²) in [5, 5.41) is 9.60. The van der Waals surface area contributed by atoms with E-state index in [4.69, 9.17) is 14.2 Å². The normalized spacial score (nSPS) is 32.1. The third-order valence-electron chi connectivity index (χ3n) is 4.58. The average molecular weight is 352 g/mol. The fourth-order valence-corrected chi connectivity index (χ4v) is 4.44. The molecule has 0 aliphatic carbocycles. The summed E-state index contributed by atoms with van der Waals surface area (Å²) < 4.78 is 18.0. The van der Waals surface area contributed by atoms with Gasteiger partial charge in [0.2, 0.25) is 0 Å². The number of ether oxygens (including phenoxy) is 3. The van der Waals surface area contributed by atoms with Gasteiger partial charge in [-0.1, -0.05) is 44.7 Å². The number of fused-ring (bicyclic) bond motifs is 1. The van der Waals surface area contributed by atoms with E-state index in [0.29, 0.717) is 0 Å². The van der Waals surface area contributed by atoms with Gasteiger partial charge in [-0.25, -0.2) is 0 Å². The Morgan fingerprint density at radius 2 is 1.83 bits per heavy atom. The molecule has 1 aromatic carbocycles. The van der Waals surface area contributed by atoms with Crippen LogP contribution < -0.4 is 0 Å². The van der Waals surface area contributed by atoms with E-state index in [1.165, 1.54) is 16.0 Å². The highest BCUT2D eigenvalue weighted by atomic mass is 32.2. The molecule has 4 nitrogen and oxygen atoms in total. The van der Waals surface area contributed by atoms with Crippen molar-refractivity contribution < 1.29 is 19.3 Å². The van der Waals surface area contributed by atoms with Gasteiger partial charge < -0.3 is 19.3 Å². The Labute approximate surface area is 148 Å². The lowest BCUT2D eigenvalue weighted by Crippen LogP contribution is -2.31. The highest BCUT2D eigenvalue weighted by Gasteiger charge is 2.55. The monoisotopic (exact) mass is 352 g/mol. The summed E-state index contributed by atoms with van der Waals surface area (Å²) >= 11 is 1.67. The molecule has 0 aromatic heterocycles. The third kappa shape index (κ3) is 3.51. The molecular formula is C19H28O4S. The molecule has 3 rings (SSSR count). The molecule has 0 amide bonds. The number of aryl methyl sites for hydroxylation is 1. The molecule has 0 bridgehead atoms. The van der Waals surface area contributed by atoms with E-state index in [1.807, 2.05) is 13.8 Å². The van der Waals surface area contributed by atoms with Crippen LogP contribution in [0.4, 0.5) is 0 Å². The van der Waals surface area contributed by atoms with E-state index in [9.17, 15) is 5.11 Å². The van der Waals surface area contributed by atoms with Crippen molar-refractivity contribution in [2.24, 2.45) is 0 Å². The number of aliphatic hydroxyl groups excluding tert-OH is 1.